The third-order valence-corrected chi connectivity index (χ3v) is 3.24. The SMILES string of the molecule is O=C(OCc1ccccc1)Sc1ccc([N+](=O)[O-])cc1. The van der Waals surface area contributed by atoms with E-state index in [0.29, 0.717) is 4.90 Å². The second kappa shape index (κ2) is 6.72. The van der Waals surface area contributed by atoms with Crippen LogP contribution in [0, 0.1) is 10.1 Å². The highest BCUT2D eigenvalue weighted by Gasteiger charge is 2.09. The van der Waals surface area contributed by atoms with Gasteiger partial charge in [0.1, 0.15) is 6.61 Å². The normalized spacial score (nSPS) is 10.0. The smallest absolute Gasteiger partial charge is 0.372 e. The van der Waals surface area contributed by atoms with E-state index in [0.717, 1.165) is 17.3 Å². The highest BCUT2D eigenvalue weighted by atomic mass is 32.2. The largest absolute Gasteiger partial charge is 0.452 e. The first kappa shape index (κ1) is 14.1. The molecule has 0 spiro atoms. The first-order valence-electron chi connectivity index (χ1n) is 5.78. The minimum absolute atomic E-state index is 0.00740. The maximum atomic E-state index is 11.6. The Labute approximate surface area is 119 Å². The summed E-state index contributed by atoms with van der Waals surface area (Å²) in [7, 11) is 0. The van der Waals surface area contributed by atoms with Crippen LogP contribution in [0.4, 0.5) is 10.5 Å². The van der Waals surface area contributed by atoms with Gasteiger partial charge in [0, 0.05) is 17.0 Å². The molecule has 0 N–H and O–H groups in total. The van der Waals surface area contributed by atoms with Crippen molar-refractivity contribution in [2.75, 3.05) is 0 Å². The molecule has 0 radical (unpaired) electrons. The third-order valence-electron chi connectivity index (χ3n) is 2.45. The van der Waals surface area contributed by atoms with Gasteiger partial charge in [0.15, 0.2) is 0 Å². The van der Waals surface area contributed by atoms with E-state index in [1.165, 1.54) is 24.3 Å². The zero-order valence-corrected chi connectivity index (χ0v) is 11.2. The van der Waals surface area contributed by atoms with Crippen molar-refractivity contribution >= 4 is 22.8 Å². The lowest BCUT2D eigenvalue weighted by Crippen LogP contribution is -1.97. The molecule has 0 heterocycles. The Morgan fingerprint density at radius 2 is 1.75 bits per heavy atom. The van der Waals surface area contributed by atoms with E-state index < -0.39 is 10.2 Å². The first-order valence-corrected chi connectivity index (χ1v) is 6.60. The van der Waals surface area contributed by atoms with E-state index in [4.69, 9.17) is 4.74 Å². The number of nitro groups is 1. The Balaban J connectivity index is 1.86. The van der Waals surface area contributed by atoms with Gasteiger partial charge in [0.05, 0.1) is 4.92 Å². The molecule has 0 fully saturated rings. The molecule has 0 unspecified atom stereocenters. The van der Waals surface area contributed by atoms with Crippen LogP contribution in [-0.2, 0) is 11.3 Å². The number of nitrogens with zero attached hydrogens (tertiary/aromatic N) is 1. The fraction of sp³-hybridized carbons (Fsp3) is 0.0714. The number of benzene rings is 2. The number of carbonyl (C=O) groups is 1. The molecule has 2 aromatic rings. The summed E-state index contributed by atoms with van der Waals surface area (Å²) in [4.78, 5) is 22.2. The molecule has 102 valence electrons. The van der Waals surface area contributed by atoms with Crippen molar-refractivity contribution < 1.29 is 14.5 Å². The van der Waals surface area contributed by atoms with Crippen molar-refractivity contribution in [1.29, 1.82) is 0 Å². The summed E-state index contributed by atoms with van der Waals surface area (Å²) in [6, 6.07) is 15.1. The van der Waals surface area contributed by atoms with E-state index in [2.05, 4.69) is 0 Å². The van der Waals surface area contributed by atoms with Crippen molar-refractivity contribution in [3.8, 4) is 0 Å². The number of thioether (sulfide) groups is 1. The van der Waals surface area contributed by atoms with Crippen molar-refractivity contribution in [2.45, 2.75) is 11.5 Å². The Hall–Kier alpha value is -2.34. The van der Waals surface area contributed by atoms with Gasteiger partial charge in [-0.25, -0.2) is 4.79 Å². The van der Waals surface area contributed by atoms with Gasteiger partial charge in [0.25, 0.3) is 5.69 Å². The van der Waals surface area contributed by atoms with E-state index in [1.54, 1.807) is 0 Å². The van der Waals surface area contributed by atoms with E-state index in [1.807, 2.05) is 30.3 Å². The number of non-ortho nitro benzene ring substituents is 1. The second-order valence-corrected chi connectivity index (χ2v) is 4.89. The number of ether oxygens (including phenoxy) is 1. The van der Waals surface area contributed by atoms with Crippen LogP contribution in [0.2, 0.25) is 0 Å². The van der Waals surface area contributed by atoms with Crippen LogP contribution in [0.25, 0.3) is 0 Å². The minimum Gasteiger partial charge on any atom is -0.452 e. The molecule has 0 aliphatic heterocycles. The topological polar surface area (TPSA) is 69.4 Å². The lowest BCUT2D eigenvalue weighted by atomic mass is 10.2. The fourth-order valence-electron chi connectivity index (χ4n) is 1.48. The van der Waals surface area contributed by atoms with Gasteiger partial charge in [-0.05, 0) is 29.5 Å². The Morgan fingerprint density at radius 1 is 1.10 bits per heavy atom. The van der Waals surface area contributed by atoms with E-state index in [9.17, 15) is 14.9 Å². The fourth-order valence-corrected chi connectivity index (χ4v) is 2.06. The zero-order valence-electron chi connectivity index (χ0n) is 10.4. The molecule has 0 saturated heterocycles. The van der Waals surface area contributed by atoms with Crippen LogP contribution in [0.15, 0.2) is 59.5 Å². The summed E-state index contributed by atoms with van der Waals surface area (Å²) in [5.41, 5.74) is 0.900. The van der Waals surface area contributed by atoms with Crippen LogP contribution in [0.1, 0.15) is 5.56 Å². The lowest BCUT2D eigenvalue weighted by molar-refractivity contribution is -0.384. The molecule has 0 amide bonds. The summed E-state index contributed by atoms with van der Waals surface area (Å²) >= 11 is 0.900. The Morgan fingerprint density at radius 3 is 2.35 bits per heavy atom. The van der Waals surface area contributed by atoms with Gasteiger partial charge >= 0.3 is 5.30 Å². The quantitative estimate of drug-likeness (QED) is 0.368. The van der Waals surface area contributed by atoms with Crippen LogP contribution < -0.4 is 0 Å². The maximum absolute atomic E-state index is 11.6. The van der Waals surface area contributed by atoms with E-state index >= 15 is 0 Å². The number of nitro benzene ring substituents is 1. The standard InChI is InChI=1S/C14H11NO4S/c16-14(19-10-11-4-2-1-3-5-11)20-13-8-6-12(7-9-13)15(17)18/h1-9H,10H2. The molecule has 2 rings (SSSR count). The van der Waals surface area contributed by atoms with Gasteiger partial charge in [-0.3, -0.25) is 10.1 Å². The second-order valence-electron chi connectivity index (χ2n) is 3.88. The monoisotopic (exact) mass is 289 g/mol. The molecule has 20 heavy (non-hydrogen) atoms. The summed E-state index contributed by atoms with van der Waals surface area (Å²) in [6.45, 7) is 0.208. The number of hydrogen-bond donors (Lipinski definition) is 0. The summed E-state index contributed by atoms with van der Waals surface area (Å²) in [5.74, 6) is 0. The van der Waals surface area contributed by atoms with Crippen LogP contribution >= 0.6 is 11.8 Å². The highest BCUT2D eigenvalue weighted by molar-refractivity contribution is 8.13. The minimum atomic E-state index is -0.484. The predicted molar refractivity (Wildman–Crippen MR) is 75.6 cm³/mol. The average molecular weight is 289 g/mol. The van der Waals surface area contributed by atoms with Gasteiger partial charge < -0.3 is 4.74 Å². The molecule has 0 aliphatic rings. The maximum Gasteiger partial charge on any atom is 0.372 e. The third kappa shape index (κ3) is 4.10. The van der Waals surface area contributed by atoms with Gasteiger partial charge in [-0.2, -0.15) is 0 Å². The summed E-state index contributed by atoms with van der Waals surface area (Å²) in [5, 5.41) is 10.1. The van der Waals surface area contributed by atoms with Gasteiger partial charge in [-0.15, -0.1) is 0 Å². The molecular formula is C14H11NO4S. The number of hydrogen-bond acceptors (Lipinski definition) is 5. The number of rotatable bonds is 4. The molecule has 0 aromatic heterocycles. The van der Waals surface area contributed by atoms with Crippen LogP contribution in [0.5, 0.6) is 0 Å². The van der Waals surface area contributed by atoms with Crippen LogP contribution in [0.3, 0.4) is 0 Å². The molecular weight excluding hydrogens is 278 g/mol. The first-order chi connectivity index (χ1) is 9.65. The van der Waals surface area contributed by atoms with Crippen molar-refractivity contribution in [3.05, 3.63) is 70.3 Å². The predicted octanol–water partition coefficient (Wildman–Crippen LogP) is 4.02. The Kier molecular flexibility index (Phi) is 4.73. The van der Waals surface area contributed by atoms with Crippen LogP contribution in [-0.4, -0.2) is 10.2 Å². The number of carbonyl (C=O) groups excluding carboxylic acids is 1. The molecule has 0 saturated carbocycles. The molecule has 6 heteroatoms. The van der Waals surface area contributed by atoms with Crippen molar-refractivity contribution in [1.82, 2.24) is 0 Å². The lowest BCUT2D eigenvalue weighted by Gasteiger charge is -2.04. The van der Waals surface area contributed by atoms with Gasteiger partial charge in [-0.1, -0.05) is 30.3 Å². The summed E-state index contributed by atoms with van der Waals surface area (Å²) < 4.78 is 5.10. The summed E-state index contributed by atoms with van der Waals surface area (Å²) in [6.07, 6.45) is 0. The molecule has 0 atom stereocenters. The molecule has 0 aliphatic carbocycles. The average Bonchev–Trinajstić information content (AvgIpc) is 2.47. The van der Waals surface area contributed by atoms with Gasteiger partial charge in [0.2, 0.25) is 0 Å². The molecule has 0 bridgehead atoms. The highest BCUT2D eigenvalue weighted by Crippen LogP contribution is 2.23. The zero-order chi connectivity index (χ0) is 14.4. The molecule has 5 nitrogen and oxygen atoms in total. The molecule has 2 aromatic carbocycles. The van der Waals surface area contributed by atoms with E-state index in [-0.39, 0.29) is 12.3 Å². The van der Waals surface area contributed by atoms with Crippen molar-refractivity contribution in [3.63, 3.8) is 0 Å². The van der Waals surface area contributed by atoms with Crippen molar-refractivity contribution in [2.24, 2.45) is 0 Å². The Bertz CT molecular complexity index is 598.